The largest absolute Gasteiger partial charge is 0.305 e. The molecule has 0 spiro atoms. The van der Waals surface area contributed by atoms with Gasteiger partial charge >= 0.3 is 0 Å². The zero-order valence-corrected chi connectivity index (χ0v) is 9.97. The average molecular weight is 202 g/mol. The van der Waals surface area contributed by atoms with Crippen LogP contribution in [0.25, 0.3) is 0 Å². The van der Waals surface area contributed by atoms with Crippen LogP contribution < -0.4 is 5.32 Å². The third-order valence-corrected chi connectivity index (χ3v) is 2.63. The van der Waals surface area contributed by atoms with Gasteiger partial charge in [-0.15, -0.1) is 0 Å². The topological polar surface area (TPSA) is 15.3 Å². The number of rotatable bonds is 2. The quantitative estimate of drug-likeness (QED) is 0.734. The van der Waals surface area contributed by atoms with E-state index in [4.69, 9.17) is 0 Å². The molecule has 0 aromatic rings. The van der Waals surface area contributed by atoms with Crippen LogP contribution in [0.2, 0.25) is 0 Å². The van der Waals surface area contributed by atoms with E-state index in [2.05, 4.69) is 44.8 Å². The number of hydrogen-bond acceptors (Lipinski definition) is 2. The Bertz CT molecular complexity index is 186. The van der Waals surface area contributed by atoms with Crippen LogP contribution in [0.1, 0.15) is 34.6 Å². The summed E-state index contributed by atoms with van der Waals surface area (Å²) in [5.74, 6) is 0. The summed E-state index contributed by atoms with van der Waals surface area (Å²) < 4.78 is 13.6. The minimum absolute atomic E-state index is 0.00198. The van der Waals surface area contributed by atoms with Crippen molar-refractivity contribution in [3.8, 4) is 0 Å². The van der Waals surface area contributed by atoms with Crippen molar-refractivity contribution < 1.29 is 4.39 Å². The lowest BCUT2D eigenvalue weighted by molar-refractivity contribution is 0.243. The molecule has 0 aliphatic carbocycles. The van der Waals surface area contributed by atoms with Crippen LogP contribution in [0.5, 0.6) is 0 Å². The van der Waals surface area contributed by atoms with Gasteiger partial charge in [0, 0.05) is 24.7 Å². The van der Waals surface area contributed by atoms with E-state index < -0.39 is 6.17 Å². The van der Waals surface area contributed by atoms with Crippen molar-refractivity contribution in [2.45, 2.75) is 58.4 Å². The maximum atomic E-state index is 13.6. The number of halogens is 1. The molecule has 0 aromatic heterocycles. The summed E-state index contributed by atoms with van der Waals surface area (Å²) in [5.41, 5.74) is 0.00198. The second-order valence-electron chi connectivity index (χ2n) is 5.56. The van der Waals surface area contributed by atoms with Gasteiger partial charge in [0.2, 0.25) is 0 Å². The Balaban J connectivity index is 2.49. The molecule has 1 rings (SSSR count). The monoisotopic (exact) mass is 202 g/mol. The zero-order chi connectivity index (χ0) is 10.9. The van der Waals surface area contributed by atoms with Crippen molar-refractivity contribution in [3.05, 3.63) is 0 Å². The summed E-state index contributed by atoms with van der Waals surface area (Å²) >= 11 is 0. The smallest absolute Gasteiger partial charge is 0.129 e. The second-order valence-corrected chi connectivity index (χ2v) is 5.56. The minimum atomic E-state index is -0.725. The molecular weight excluding hydrogens is 179 g/mol. The van der Waals surface area contributed by atoms with Crippen LogP contribution in [-0.4, -0.2) is 41.8 Å². The lowest BCUT2D eigenvalue weighted by Crippen LogP contribution is -2.48. The number of hydrogen-bond donors (Lipinski definition) is 1. The lowest BCUT2D eigenvalue weighted by atomic mass is 10.1. The Morgan fingerprint density at radius 3 is 2.21 bits per heavy atom. The highest BCUT2D eigenvalue weighted by molar-refractivity contribution is 4.93. The van der Waals surface area contributed by atoms with Gasteiger partial charge in [0.25, 0.3) is 0 Å². The molecule has 84 valence electrons. The Morgan fingerprint density at radius 2 is 1.86 bits per heavy atom. The summed E-state index contributed by atoms with van der Waals surface area (Å²) in [7, 11) is 0. The van der Waals surface area contributed by atoms with Crippen LogP contribution >= 0.6 is 0 Å². The highest BCUT2D eigenvalue weighted by Gasteiger charge is 2.35. The Morgan fingerprint density at radius 1 is 1.29 bits per heavy atom. The van der Waals surface area contributed by atoms with Crippen molar-refractivity contribution in [3.63, 3.8) is 0 Å². The Hall–Kier alpha value is -0.150. The summed E-state index contributed by atoms with van der Waals surface area (Å²) in [6, 6.07) is 0.442. The molecule has 1 fully saturated rings. The van der Waals surface area contributed by atoms with E-state index in [-0.39, 0.29) is 11.6 Å². The molecule has 0 unspecified atom stereocenters. The fourth-order valence-corrected chi connectivity index (χ4v) is 1.91. The van der Waals surface area contributed by atoms with Crippen molar-refractivity contribution in [2.75, 3.05) is 13.1 Å². The van der Waals surface area contributed by atoms with E-state index in [9.17, 15) is 4.39 Å². The van der Waals surface area contributed by atoms with E-state index in [1.165, 1.54) is 0 Å². The molecular formula is C11H23FN2. The second kappa shape index (κ2) is 4.15. The predicted molar refractivity (Wildman–Crippen MR) is 58.3 cm³/mol. The van der Waals surface area contributed by atoms with Crippen molar-refractivity contribution in [1.29, 1.82) is 0 Å². The van der Waals surface area contributed by atoms with Crippen LogP contribution in [0.15, 0.2) is 0 Å². The molecule has 1 aliphatic rings. The molecule has 3 heteroatoms. The van der Waals surface area contributed by atoms with Gasteiger partial charge in [-0.2, -0.15) is 0 Å². The average Bonchev–Trinajstić information content (AvgIpc) is 2.29. The predicted octanol–water partition coefficient (Wildman–Crippen LogP) is 1.81. The summed E-state index contributed by atoms with van der Waals surface area (Å²) in [5, 5.41) is 3.34. The van der Waals surface area contributed by atoms with Crippen LogP contribution in [-0.2, 0) is 0 Å². The first-order valence-electron chi connectivity index (χ1n) is 5.45. The van der Waals surface area contributed by atoms with E-state index >= 15 is 0 Å². The van der Waals surface area contributed by atoms with Gasteiger partial charge < -0.3 is 5.32 Å². The minimum Gasteiger partial charge on any atom is -0.305 e. The molecule has 2 nitrogen and oxygen atoms in total. The summed E-state index contributed by atoms with van der Waals surface area (Å²) in [6.45, 7) is 11.9. The molecule has 2 atom stereocenters. The molecule has 0 aromatic carbocycles. The lowest BCUT2D eigenvalue weighted by Gasteiger charge is -2.27. The highest BCUT2D eigenvalue weighted by Crippen LogP contribution is 2.18. The van der Waals surface area contributed by atoms with Gasteiger partial charge in [0.1, 0.15) is 6.17 Å². The molecule has 0 bridgehead atoms. The number of alkyl halides is 1. The van der Waals surface area contributed by atoms with E-state index in [0.717, 1.165) is 6.54 Å². The first-order valence-corrected chi connectivity index (χ1v) is 5.45. The molecule has 0 amide bonds. The van der Waals surface area contributed by atoms with E-state index in [1.807, 2.05) is 0 Å². The SMILES string of the molecule is CC(C)N1C[C@H](NC(C)(C)C)[C@@H](F)C1. The summed E-state index contributed by atoms with van der Waals surface area (Å²) in [6.07, 6.45) is -0.725. The van der Waals surface area contributed by atoms with E-state index in [1.54, 1.807) is 0 Å². The van der Waals surface area contributed by atoms with Gasteiger partial charge in [0.05, 0.1) is 6.04 Å². The number of nitrogens with one attached hydrogen (secondary N) is 1. The molecule has 1 aliphatic heterocycles. The molecule has 0 saturated carbocycles. The summed E-state index contributed by atoms with van der Waals surface area (Å²) in [4.78, 5) is 2.19. The van der Waals surface area contributed by atoms with Gasteiger partial charge in [-0.3, -0.25) is 4.90 Å². The van der Waals surface area contributed by atoms with Crippen molar-refractivity contribution in [2.24, 2.45) is 0 Å². The Labute approximate surface area is 86.9 Å². The van der Waals surface area contributed by atoms with Crippen LogP contribution in [0.3, 0.4) is 0 Å². The molecule has 1 N–H and O–H groups in total. The maximum Gasteiger partial charge on any atom is 0.129 e. The van der Waals surface area contributed by atoms with Gasteiger partial charge in [-0.05, 0) is 34.6 Å². The van der Waals surface area contributed by atoms with E-state index in [0.29, 0.717) is 12.6 Å². The van der Waals surface area contributed by atoms with Crippen LogP contribution in [0, 0.1) is 0 Å². The highest BCUT2D eigenvalue weighted by atomic mass is 19.1. The fraction of sp³-hybridized carbons (Fsp3) is 1.00. The first-order chi connectivity index (χ1) is 6.29. The van der Waals surface area contributed by atoms with Gasteiger partial charge in [-0.25, -0.2) is 4.39 Å². The third kappa shape index (κ3) is 3.21. The van der Waals surface area contributed by atoms with Crippen molar-refractivity contribution >= 4 is 0 Å². The third-order valence-electron chi connectivity index (χ3n) is 2.63. The standard InChI is InChI=1S/C11H23FN2/c1-8(2)14-6-9(12)10(7-14)13-11(3,4)5/h8-10,13H,6-7H2,1-5H3/t9-,10-/m0/s1. The fourth-order valence-electron chi connectivity index (χ4n) is 1.91. The van der Waals surface area contributed by atoms with Crippen molar-refractivity contribution in [1.82, 2.24) is 10.2 Å². The maximum absolute atomic E-state index is 13.6. The molecule has 1 heterocycles. The van der Waals surface area contributed by atoms with Crippen LogP contribution in [0.4, 0.5) is 4.39 Å². The first kappa shape index (κ1) is 11.9. The van der Waals surface area contributed by atoms with Gasteiger partial charge in [-0.1, -0.05) is 0 Å². The number of nitrogens with zero attached hydrogens (tertiary/aromatic N) is 1. The number of likely N-dealkylation sites (tertiary alicyclic amines) is 1. The normalized spacial score (nSPS) is 30.2. The zero-order valence-electron chi connectivity index (χ0n) is 9.97. The molecule has 14 heavy (non-hydrogen) atoms. The molecule has 1 saturated heterocycles. The molecule has 0 radical (unpaired) electrons. The Kier molecular flexibility index (Phi) is 3.53. The van der Waals surface area contributed by atoms with Gasteiger partial charge in [0.15, 0.2) is 0 Å².